The minimum Gasteiger partial charge on any atom is -0.480 e. The van der Waals surface area contributed by atoms with E-state index in [9.17, 15) is 14.7 Å². The number of benzene rings is 1. The molecule has 1 aromatic carbocycles. The van der Waals surface area contributed by atoms with Crippen LogP contribution in [0.1, 0.15) is 37.7 Å². The molecule has 1 saturated carbocycles. The molecule has 1 N–H and O–H groups in total. The fourth-order valence-corrected chi connectivity index (χ4v) is 4.01. The maximum Gasteiger partial charge on any atom is 0.410 e. The number of carboxylic acid groups (broad SMARTS) is 1. The highest BCUT2D eigenvalue weighted by molar-refractivity contribution is 5.80. The Morgan fingerprint density at radius 2 is 1.87 bits per heavy atom. The topological polar surface area (TPSA) is 66.8 Å². The molecule has 0 unspecified atom stereocenters. The van der Waals surface area contributed by atoms with E-state index < -0.39 is 18.1 Å². The zero-order chi connectivity index (χ0) is 16.2. The first-order valence-corrected chi connectivity index (χ1v) is 8.37. The molecule has 0 aromatic heterocycles. The Kier molecular flexibility index (Phi) is 4.84. The Balaban J connectivity index is 1.67. The fourth-order valence-electron chi connectivity index (χ4n) is 4.01. The van der Waals surface area contributed by atoms with Gasteiger partial charge < -0.3 is 9.84 Å². The molecule has 1 aliphatic heterocycles. The lowest BCUT2D eigenvalue weighted by atomic mass is 9.71. The zero-order valence-electron chi connectivity index (χ0n) is 13.2. The molecule has 1 amide bonds. The average Bonchev–Trinajstić information content (AvgIpc) is 2.59. The van der Waals surface area contributed by atoms with Crippen LogP contribution in [0.4, 0.5) is 4.79 Å². The van der Waals surface area contributed by atoms with E-state index in [-0.39, 0.29) is 12.5 Å². The van der Waals surface area contributed by atoms with Crippen LogP contribution in [0.2, 0.25) is 0 Å². The molecule has 124 valence electrons. The molecule has 2 fully saturated rings. The summed E-state index contributed by atoms with van der Waals surface area (Å²) < 4.78 is 5.35. The maximum absolute atomic E-state index is 12.4. The molecular weight excluding hydrogens is 294 g/mol. The molecule has 5 nitrogen and oxygen atoms in total. The van der Waals surface area contributed by atoms with Gasteiger partial charge >= 0.3 is 12.1 Å². The molecule has 1 aliphatic carbocycles. The lowest BCUT2D eigenvalue weighted by molar-refractivity contribution is -0.148. The second-order valence-corrected chi connectivity index (χ2v) is 6.51. The zero-order valence-corrected chi connectivity index (χ0v) is 13.2. The molecule has 0 bridgehead atoms. The van der Waals surface area contributed by atoms with E-state index in [1.54, 1.807) is 0 Å². The molecule has 3 rings (SSSR count). The van der Waals surface area contributed by atoms with Crippen molar-refractivity contribution >= 4 is 12.1 Å². The first-order chi connectivity index (χ1) is 11.2. The van der Waals surface area contributed by atoms with Crippen molar-refractivity contribution in [1.82, 2.24) is 4.90 Å². The van der Waals surface area contributed by atoms with Gasteiger partial charge in [0.2, 0.25) is 0 Å². The minimum absolute atomic E-state index is 0.0688. The Morgan fingerprint density at radius 1 is 1.13 bits per heavy atom. The largest absolute Gasteiger partial charge is 0.480 e. The number of piperidine rings is 1. The summed E-state index contributed by atoms with van der Waals surface area (Å²) in [7, 11) is 0. The number of fused-ring (bicyclic) bond motifs is 1. The van der Waals surface area contributed by atoms with Crippen molar-refractivity contribution in [2.24, 2.45) is 11.8 Å². The predicted molar refractivity (Wildman–Crippen MR) is 84.8 cm³/mol. The Morgan fingerprint density at radius 3 is 2.61 bits per heavy atom. The van der Waals surface area contributed by atoms with Gasteiger partial charge in [-0.15, -0.1) is 0 Å². The lowest BCUT2D eigenvalue weighted by Gasteiger charge is -2.45. The molecule has 23 heavy (non-hydrogen) atoms. The SMILES string of the molecule is O=C(O)[C@H]1[C@@H]2CCCC[C@@H]2CCN1C(=O)OCc1ccccc1. The van der Waals surface area contributed by atoms with Gasteiger partial charge in [0.1, 0.15) is 12.6 Å². The normalized spacial score (nSPS) is 27.1. The maximum atomic E-state index is 12.4. The monoisotopic (exact) mass is 317 g/mol. The number of nitrogens with zero attached hydrogens (tertiary/aromatic N) is 1. The third-order valence-corrected chi connectivity index (χ3v) is 5.14. The number of ether oxygens (including phenoxy) is 1. The molecule has 0 spiro atoms. The van der Waals surface area contributed by atoms with Gasteiger partial charge in [-0.05, 0) is 30.2 Å². The number of aliphatic carboxylic acids is 1. The number of carbonyl (C=O) groups excluding carboxylic acids is 1. The second kappa shape index (κ2) is 7.02. The average molecular weight is 317 g/mol. The van der Waals surface area contributed by atoms with Crippen LogP contribution in [0.25, 0.3) is 0 Å². The van der Waals surface area contributed by atoms with Crippen LogP contribution >= 0.6 is 0 Å². The number of hydrogen-bond acceptors (Lipinski definition) is 3. The van der Waals surface area contributed by atoms with E-state index in [1.165, 1.54) is 11.3 Å². The van der Waals surface area contributed by atoms with Crippen molar-refractivity contribution in [3.63, 3.8) is 0 Å². The summed E-state index contributed by atoms with van der Waals surface area (Å²) in [6, 6.07) is 8.70. The Labute approximate surface area is 136 Å². The van der Waals surface area contributed by atoms with Crippen molar-refractivity contribution in [1.29, 1.82) is 0 Å². The number of hydrogen-bond donors (Lipinski definition) is 1. The van der Waals surface area contributed by atoms with Crippen molar-refractivity contribution in [3.05, 3.63) is 35.9 Å². The molecule has 3 atom stereocenters. The molecule has 1 saturated heterocycles. The summed E-state index contributed by atoms with van der Waals surface area (Å²) in [5.41, 5.74) is 0.903. The van der Waals surface area contributed by atoms with Gasteiger partial charge in [-0.1, -0.05) is 49.6 Å². The van der Waals surface area contributed by atoms with Crippen LogP contribution in [-0.4, -0.2) is 34.7 Å². The Bertz CT molecular complexity index is 559. The lowest BCUT2D eigenvalue weighted by Crippen LogP contribution is -2.56. The first-order valence-electron chi connectivity index (χ1n) is 8.37. The van der Waals surface area contributed by atoms with E-state index in [2.05, 4.69) is 0 Å². The molecule has 5 heteroatoms. The summed E-state index contributed by atoms with van der Waals surface area (Å²) in [6.45, 7) is 0.655. The second-order valence-electron chi connectivity index (χ2n) is 6.51. The van der Waals surface area contributed by atoms with Crippen LogP contribution in [0, 0.1) is 11.8 Å². The van der Waals surface area contributed by atoms with E-state index >= 15 is 0 Å². The third kappa shape index (κ3) is 3.49. The standard InChI is InChI=1S/C18H23NO4/c20-17(21)16-15-9-5-4-8-14(15)10-11-19(16)18(22)23-12-13-6-2-1-3-7-13/h1-3,6-7,14-16H,4-5,8-12H2,(H,20,21)/t14-,15-,16-/m1/s1. The van der Waals surface area contributed by atoms with Crippen LogP contribution in [0.15, 0.2) is 30.3 Å². The summed E-state index contributed by atoms with van der Waals surface area (Å²) in [6.07, 6.45) is 4.58. The highest BCUT2D eigenvalue weighted by Gasteiger charge is 2.45. The highest BCUT2D eigenvalue weighted by Crippen LogP contribution is 2.40. The number of likely N-dealkylation sites (tertiary alicyclic amines) is 1. The van der Waals surface area contributed by atoms with Gasteiger partial charge in [-0.3, -0.25) is 4.90 Å². The first kappa shape index (κ1) is 15.8. The van der Waals surface area contributed by atoms with E-state index in [0.717, 1.165) is 31.2 Å². The summed E-state index contributed by atoms with van der Waals surface area (Å²) >= 11 is 0. The number of rotatable bonds is 3. The third-order valence-electron chi connectivity index (χ3n) is 5.14. The van der Waals surface area contributed by atoms with Crippen LogP contribution < -0.4 is 0 Å². The predicted octanol–water partition coefficient (Wildman–Crippen LogP) is 3.29. The van der Waals surface area contributed by atoms with Gasteiger partial charge in [0.15, 0.2) is 0 Å². The van der Waals surface area contributed by atoms with Crippen molar-refractivity contribution in [2.75, 3.05) is 6.54 Å². The number of carbonyl (C=O) groups is 2. The summed E-state index contributed by atoms with van der Waals surface area (Å²) in [4.78, 5) is 25.6. The fraction of sp³-hybridized carbons (Fsp3) is 0.556. The smallest absolute Gasteiger partial charge is 0.410 e. The summed E-state index contributed by atoms with van der Waals surface area (Å²) in [5.74, 6) is -0.402. The van der Waals surface area contributed by atoms with E-state index in [4.69, 9.17) is 4.74 Å². The Hall–Kier alpha value is -2.04. The van der Waals surface area contributed by atoms with Gasteiger partial charge in [-0.2, -0.15) is 0 Å². The van der Waals surface area contributed by atoms with Gasteiger partial charge in [-0.25, -0.2) is 9.59 Å². The van der Waals surface area contributed by atoms with Gasteiger partial charge in [0, 0.05) is 6.54 Å². The van der Waals surface area contributed by atoms with Gasteiger partial charge in [0.05, 0.1) is 0 Å². The summed E-state index contributed by atoms with van der Waals surface area (Å²) in [5, 5.41) is 9.63. The molecule has 1 aromatic rings. The van der Waals surface area contributed by atoms with Crippen molar-refractivity contribution in [2.45, 2.75) is 44.8 Å². The number of amides is 1. The number of carboxylic acids is 1. The van der Waals surface area contributed by atoms with E-state index in [0.29, 0.717) is 12.5 Å². The van der Waals surface area contributed by atoms with Crippen molar-refractivity contribution in [3.8, 4) is 0 Å². The minimum atomic E-state index is -0.904. The molecular formula is C18H23NO4. The van der Waals surface area contributed by atoms with Gasteiger partial charge in [0.25, 0.3) is 0 Å². The highest BCUT2D eigenvalue weighted by atomic mass is 16.6. The van der Waals surface area contributed by atoms with Crippen molar-refractivity contribution < 1.29 is 19.4 Å². The molecule has 2 aliphatic rings. The molecule has 1 heterocycles. The van der Waals surface area contributed by atoms with E-state index in [1.807, 2.05) is 30.3 Å². The molecule has 0 radical (unpaired) electrons. The van der Waals surface area contributed by atoms with Crippen LogP contribution in [-0.2, 0) is 16.1 Å². The quantitative estimate of drug-likeness (QED) is 0.929. The van der Waals surface area contributed by atoms with Crippen LogP contribution in [0.3, 0.4) is 0 Å². The van der Waals surface area contributed by atoms with Crippen LogP contribution in [0.5, 0.6) is 0 Å².